The summed E-state index contributed by atoms with van der Waals surface area (Å²) in [6, 6.07) is 0.286. The molecule has 0 radical (unpaired) electrons. The third kappa shape index (κ3) is 5.19. The molecule has 0 aliphatic carbocycles. The van der Waals surface area contributed by atoms with Gasteiger partial charge in [-0.15, -0.1) is 0 Å². The van der Waals surface area contributed by atoms with Crippen molar-refractivity contribution in [1.29, 1.82) is 0 Å². The highest BCUT2D eigenvalue weighted by molar-refractivity contribution is 7.89. The Hall–Kier alpha value is -0.210. The molecule has 2 N–H and O–H groups in total. The van der Waals surface area contributed by atoms with Crippen molar-refractivity contribution in [1.82, 2.24) is 10.0 Å². The Morgan fingerprint density at radius 3 is 2.67 bits per heavy atom. The average molecular weight is 280 g/mol. The summed E-state index contributed by atoms with van der Waals surface area (Å²) in [5, 5.41) is 3.08. The van der Waals surface area contributed by atoms with Crippen molar-refractivity contribution >= 4 is 10.0 Å². The van der Waals surface area contributed by atoms with Gasteiger partial charge in [0, 0.05) is 39.3 Å². The summed E-state index contributed by atoms with van der Waals surface area (Å²) in [6.07, 6.45) is 0.719. The molecule has 7 heteroatoms. The van der Waals surface area contributed by atoms with E-state index in [9.17, 15) is 8.42 Å². The monoisotopic (exact) mass is 280 g/mol. The van der Waals surface area contributed by atoms with Crippen molar-refractivity contribution < 1.29 is 17.9 Å². The van der Waals surface area contributed by atoms with Gasteiger partial charge in [-0.2, -0.15) is 0 Å². The first kappa shape index (κ1) is 15.8. The van der Waals surface area contributed by atoms with Crippen LogP contribution in [0.4, 0.5) is 0 Å². The summed E-state index contributed by atoms with van der Waals surface area (Å²) >= 11 is 0. The van der Waals surface area contributed by atoms with Crippen LogP contribution in [0.15, 0.2) is 0 Å². The van der Waals surface area contributed by atoms with E-state index in [2.05, 4.69) is 10.0 Å². The zero-order valence-electron chi connectivity index (χ0n) is 11.4. The number of sulfonamides is 1. The van der Waals surface area contributed by atoms with Crippen LogP contribution in [-0.2, 0) is 19.5 Å². The van der Waals surface area contributed by atoms with E-state index >= 15 is 0 Å². The molecule has 0 amide bonds. The lowest BCUT2D eigenvalue weighted by Gasteiger charge is -2.25. The van der Waals surface area contributed by atoms with Gasteiger partial charge in [0.1, 0.15) is 5.60 Å². The smallest absolute Gasteiger partial charge is 0.212 e. The molecule has 0 bridgehead atoms. The molecule has 6 nitrogen and oxygen atoms in total. The van der Waals surface area contributed by atoms with Gasteiger partial charge in [0.15, 0.2) is 0 Å². The van der Waals surface area contributed by atoms with Gasteiger partial charge in [0.05, 0.1) is 12.4 Å². The van der Waals surface area contributed by atoms with Crippen molar-refractivity contribution in [2.24, 2.45) is 0 Å². The molecule has 1 heterocycles. The van der Waals surface area contributed by atoms with Crippen LogP contribution in [0, 0.1) is 0 Å². The third-order valence-corrected chi connectivity index (χ3v) is 4.36. The molecule has 0 saturated carbocycles. The Bertz CT molecular complexity index is 337. The Labute approximate surface area is 109 Å². The van der Waals surface area contributed by atoms with Crippen LogP contribution in [0.25, 0.3) is 0 Å². The van der Waals surface area contributed by atoms with Crippen LogP contribution in [0.5, 0.6) is 0 Å². The van der Waals surface area contributed by atoms with E-state index in [1.165, 1.54) is 0 Å². The quantitative estimate of drug-likeness (QED) is 0.639. The number of ether oxygens (including phenoxy) is 2. The zero-order valence-corrected chi connectivity index (χ0v) is 12.2. The van der Waals surface area contributed by atoms with Gasteiger partial charge in [-0.1, -0.05) is 13.8 Å². The second kappa shape index (κ2) is 6.81. The highest BCUT2D eigenvalue weighted by atomic mass is 32.2. The first-order valence-corrected chi connectivity index (χ1v) is 7.88. The average Bonchev–Trinajstić information content (AvgIpc) is 2.75. The van der Waals surface area contributed by atoms with Crippen LogP contribution in [0.3, 0.4) is 0 Å². The molecule has 1 aliphatic heterocycles. The van der Waals surface area contributed by atoms with E-state index in [-0.39, 0.29) is 18.3 Å². The Morgan fingerprint density at radius 1 is 1.44 bits per heavy atom. The molecule has 1 saturated heterocycles. The number of hydrogen-bond donors (Lipinski definition) is 2. The fourth-order valence-corrected chi connectivity index (χ4v) is 2.77. The van der Waals surface area contributed by atoms with E-state index in [0.717, 1.165) is 6.42 Å². The minimum Gasteiger partial charge on any atom is -0.378 e. The normalized spacial score (nSPS) is 24.9. The molecule has 0 aromatic rings. The second-order valence-electron chi connectivity index (χ2n) is 4.94. The van der Waals surface area contributed by atoms with Gasteiger partial charge in [0.2, 0.25) is 10.0 Å². The molecule has 0 spiro atoms. The lowest BCUT2D eigenvalue weighted by Crippen LogP contribution is -2.46. The highest BCUT2D eigenvalue weighted by Crippen LogP contribution is 2.21. The van der Waals surface area contributed by atoms with Crippen LogP contribution in [0.1, 0.15) is 20.3 Å². The van der Waals surface area contributed by atoms with Crippen LogP contribution < -0.4 is 10.0 Å². The minimum atomic E-state index is -3.26. The maximum absolute atomic E-state index is 11.8. The minimum absolute atomic E-state index is 0.0752. The summed E-state index contributed by atoms with van der Waals surface area (Å²) in [7, 11) is -1.67. The maximum atomic E-state index is 11.8. The lowest BCUT2D eigenvalue weighted by molar-refractivity contribution is -0.0120. The summed E-state index contributed by atoms with van der Waals surface area (Å²) < 4.78 is 36.8. The van der Waals surface area contributed by atoms with Gasteiger partial charge in [-0.3, -0.25) is 0 Å². The molecule has 0 aromatic carbocycles. The molecule has 1 unspecified atom stereocenters. The van der Waals surface area contributed by atoms with Crippen LogP contribution in [-0.4, -0.2) is 59.2 Å². The Kier molecular flexibility index (Phi) is 6.00. The van der Waals surface area contributed by atoms with Gasteiger partial charge >= 0.3 is 0 Å². The van der Waals surface area contributed by atoms with E-state index in [1.54, 1.807) is 7.11 Å². The number of nitrogens with one attached hydrogen (secondary N) is 2. The molecule has 1 rings (SSSR count). The molecule has 0 aromatic heterocycles. The first-order chi connectivity index (χ1) is 8.39. The molecule has 18 heavy (non-hydrogen) atoms. The Morgan fingerprint density at radius 2 is 2.17 bits per heavy atom. The predicted molar refractivity (Wildman–Crippen MR) is 70.1 cm³/mol. The molecule has 1 atom stereocenters. The third-order valence-electron chi connectivity index (χ3n) is 3.04. The second-order valence-corrected chi connectivity index (χ2v) is 6.86. The van der Waals surface area contributed by atoms with Gasteiger partial charge in [-0.25, -0.2) is 13.1 Å². The fourth-order valence-electron chi connectivity index (χ4n) is 1.76. The summed E-state index contributed by atoms with van der Waals surface area (Å²) in [4.78, 5) is 0. The largest absolute Gasteiger partial charge is 0.378 e. The fraction of sp³-hybridized carbons (Fsp3) is 1.00. The van der Waals surface area contributed by atoms with Gasteiger partial charge in [-0.05, 0) is 0 Å². The molecule has 108 valence electrons. The van der Waals surface area contributed by atoms with E-state index in [1.807, 2.05) is 13.8 Å². The van der Waals surface area contributed by atoms with Crippen molar-refractivity contribution in [2.75, 3.05) is 39.2 Å². The van der Waals surface area contributed by atoms with Crippen LogP contribution >= 0.6 is 0 Å². The zero-order chi connectivity index (χ0) is 13.6. The molecular weight excluding hydrogens is 256 g/mol. The van der Waals surface area contributed by atoms with Gasteiger partial charge in [0.25, 0.3) is 0 Å². The van der Waals surface area contributed by atoms with Gasteiger partial charge < -0.3 is 14.8 Å². The van der Waals surface area contributed by atoms with Crippen molar-refractivity contribution in [3.8, 4) is 0 Å². The van der Waals surface area contributed by atoms with E-state index in [4.69, 9.17) is 9.47 Å². The number of rotatable bonds is 8. The first-order valence-electron chi connectivity index (χ1n) is 6.23. The van der Waals surface area contributed by atoms with Crippen LogP contribution in [0.2, 0.25) is 0 Å². The molecule has 1 aliphatic rings. The lowest BCUT2D eigenvalue weighted by atomic mass is 10.0. The predicted octanol–water partition coefficient (Wildman–Crippen LogP) is -0.291. The Balaban J connectivity index is 2.36. The SMILES string of the molecule is COC1(CNS(=O)(=O)CCNC(C)C)CCOC1. The topological polar surface area (TPSA) is 76.7 Å². The standard InChI is InChI=1S/C11H24N2O4S/c1-10(2)12-5-7-18(14,15)13-8-11(16-3)4-6-17-9-11/h10,12-13H,4-9H2,1-3H3. The highest BCUT2D eigenvalue weighted by Gasteiger charge is 2.35. The van der Waals surface area contributed by atoms with Crippen molar-refractivity contribution in [2.45, 2.75) is 31.9 Å². The molecular formula is C11H24N2O4S. The number of hydrogen-bond acceptors (Lipinski definition) is 5. The number of methoxy groups -OCH3 is 1. The molecule has 1 fully saturated rings. The van der Waals surface area contributed by atoms with E-state index < -0.39 is 15.6 Å². The summed E-state index contributed by atoms with van der Waals surface area (Å²) in [6.45, 7) is 5.74. The maximum Gasteiger partial charge on any atom is 0.212 e. The summed E-state index contributed by atoms with van der Waals surface area (Å²) in [5.74, 6) is 0.0752. The van der Waals surface area contributed by atoms with Crippen molar-refractivity contribution in [3.05, 3.63) is 0 Å². The van der Waals surface area contributed by atoms with Crippen molar-refractivity contribution in [3.63, 3.8) is 0 Å². The van der Waals surface area contributed by atoms with E-state index in [0.29, 0.717) is 19.8 Å². The summed E-state index contributed by atoms with van der Waals surface area (Å²) in [5.41, 5.74) is -0.501.